The van der Waals surface area contributed by atoms with E-state index in [9.17, 15) is 45.5 Å². The van der Waals surface area contributed by atoms with Crippen molar-refractivity contribution in [2.75, 3.05) is 49.5 Å². The van der Waals surface area contributed by atoms with E-state index in [1.165, 1.54) is 28.2 Å². The molecule has 0 radical (unpaired) electrons. The smallest absolute Gasteiger partial charge is 0.420 e. The highest BCUT2D eigenvalue weighted by Crippen LogP contribution is 2.40. The van der Waals surface area contributed by atoms with Crippen molar-refractivity contribution < 1.29 is 64.8 Å². The summed E-state index contributed by atoms with van der Waals surface area (Å²) in [5.41, 5.74) is -4.34. The number of ether oxygens (including phenoxy) is 3. The fraction of sp³-hybridized carbons (Fsp3) is 0.360. The van der Waals surface area contributed by atoms with Crippen molar-refractivity contribution in [3.8, 4) is 11.5 Å². The van der Waals surface area contributed by atoms with Gasteiger partial charge in [0.25, 0.3) is 11.8 Å². The van der Waals surface area contributed by atoms with Gasteiger partial charge in [0, 0.05) is 28.2 Å². The summed E-state index contributed by atoms with van der Waals surface area (Å²) in [5.74, 6) is -5.37. The monoisotopic (exact) mass is 596 g/mol. The van der Waals surface area contributed by atoms with Gasteiger partial charge in [-0.25, -0.2) is 9.59 Å². The molecule has 0 spiro atoms. The molecular formula is C25H26F6N2O8. The number of alkyl halides is 6. The molecule has 0 aliphatic carbocycles. The zero-order chi connectivity index (χ0) is 32.0. The molecule has 0 saturated carbocycles. The van der Waals surface area contributed by atoms with Crippen molar-refractivity contribution in [1.82, 2.24) is 9.80 Å². The van der Waals surface area contributed by atoms with E-state index in [-0.39, 0.29) is 11.1 Å². The average molecular weight is 596 g/mol. The third-order valence-electron chi connectivity index (χ3n) is 5.14. The number of nitrogens with zero attached hydrogens (tertiary/aromatic N) is 2. The van der Waals surface area contributed by atoms with Crippen LogP contribution < -0.4 is 9.47 Å². The molecule has 10 nitrogen and oxygen atoms in total. The van der Waals surface area contributed by atoms with Crippen LogP contribution in [0.3, 0.4) is 0 Å². The number of esters is 1. The maximum atomic E-state index is 13.1. The summed E-state index contributed by atoms with van der Waals surface area (Å²) in [4.78, 5) is 48.3. The Bertz CT molecular complexity index is 1320. The third kappa shape index (κ3) is 8.25. The highest BCUT2D eigenvalue weighted by Gasteiger charge is 2.39. The Morgan fingerprint density at radius 1 is 0.659 bits per heavy atom. The summed E-state index contributed by atoms with van der Waals surface area (Å²) in [6.07, 6.45) is -9.62. The van der Waals surface area contributed by atoms with Gasteiger partial charge >= 0.3 is 24.3 Å². The Kier molecular flexibility index (Phi) is 11.1. The van der Waals surface area contributed by atoms with E-state index in [0.717, 1.165) is 43.3 Å². The van der Waals surface area contributed by atoms with Crippen LogP contribution in [0, 0.1) is 0 Å². The zero-order valence-electron chi connectivity index (χ0n) is 22.8. The van der Waals surface area contributed by atoms with E-state index in [1.807, 2.05) is 0 Å². The van der Waals surface area contributed by atoms with E-state index in [0.29, 0.717) is 12.1 Å². The molecule has 0 unspecified atom stereocenters. The molecule has 0 saturated heterocycles. The van der Waals surface area contributed by atoms with Gasteiger partial charge in [-0.05, 0) is 24.3 Å². The fourth-order valence-corrected chi connectivity index (χ4v) is 3.28. The molecule has 0 heterocycles. The van der Waals surface area contributed by atoms with Gasteiger partial charge in [-0.3, -0.25) is 9.59 Å². The van der Waals surface area contributed by atoms with Crippen LogP contribution in [0.15, 0.2) is 24.3 Å². The highest BCUT2D eigenvalue weighted by atomic mass is 19.4. The number of benzene rings is 2. The summed E-state index contributed by atoms with van der Waals surface area (Å²) in [5, 5.41) is 8.85. The number of methoxy groups -OCH3 is 3. The Balaban J connectivity index is 0.000000410. The predicted molar refractivity (Wildman–Crippen MR) is 130 cm³/mol. The topological polar surface area (TPSA) is 123 Å². The van der Waals surface area contributed by atoms with Gasteiger partial charge in [0.2, 0.25) is 0 Å². The third-order valence-corrected chi connectivity index (χ3v) is 5.14. The van der Waals surface area contributed by atoms with E-state index >= 15 is 0 Å². The number of amides is 2. The second-order valence-corrected chi connectivity index (χ2v) is 8.40. The van der Waals surface area contributed by atoms with Crippen LogP contribution in [-0.4, -0.2) is 88.2 Å². The molecule has 2 amide bonds. The molecule has 226 valence electrons. The molecule has 0 aliphatic rings. The van der Waals surface area contributed by atoms with Crippen LogP contribution in [-0.2, 0) is 17.1 Å². The van der Waals surface area contributed by atoms with E-state index in [2.05, 4.69) is 9.47 Å². The maximum Gasteiger partial charge on any atom is 0.420 e. The van der Waals surface area contributed by atoms with Crippen LogP contribution in [0.2, 0.25) is 0 Å². The first-order valence-corrected chi connectivity index (χ1v) is 11.1. The van der Waals surface area contributed by atoms with E-state index < -0.39 is 69.9 Å². The predicted octanol–water partition coefficient (Wildman–Crippen LogP) is 4.32. The zero-order valence-corrected chi connectivity index (χ0v) is 22.8. The maximum absolute atomic E-state index is 13.1. The lowest BCUT2D eigenvalue weighted by Gasteiger charge is -2.19. The minimum Gasteiger partial charge on any atom is -0.495 e. The van der Waals surface area contributed by atoms with E-state index in [4.69, 9.17) is 9.84 Å². The first-order chi connectivity index (χ1) is 18.7. The molecule has 2 rings (SSSR count). The van der Waals surface area contributed by atoms with Gasteiger partial charge in [-0.1, -0.05) is 0 Å². The first-order valence-electron chi connectivity index (χ1n) is 11.1. The van der Waals surface area contributed by atoms with Crippen molar-refractivity contribution in [2.24, 2.45) is 0 Å². The Morgan fingerprint density at radius 3 is 1.27 bits per heavy atom. The molecule has 0 bridgehead atoms. The Hall–Kier alpha value is -4.50. The molecule has 2 aromatic carbocycles. The Morgan fingerprint density at radius 2 is 1.00 bits per heavy atom. The summed E-state index contributed by atoms with van der Waals surface area (Å²) in [6.45, 7) is 0. The van der Waals surface area contributed by atoms with Gasteiger partial charge in [-0.15, -0.1) is 0 Å². The van der Waals surface area contributed by atoms with Crippen molar-refractivity contribution in [1.29, 1.82) is 0 Å². The standard InChI is InChI=1S/C13H14F3NO4.C12H12F3NO4/c1-17(2)11(18)8-5-7(12(19)21-4)6-9(10(8)20-3)13(14,15)16;1-16(2)10(17)7-4-6(11(18)19)5-8(9(7)20-3)12(13,14)15/h5-6H,1-4H3;4-5H,1-3H3,(H,18,19). The first kappa shape index (κ1) is 34.5. The second kappa shape index (κ2) is 13.2. The van der Waals surface area contributed by atoms with Crippen LogP contribution >= 0.6 is 0 Å². The molecule has 1 N–H and O–H groups in total. The molecule has 0 fully saturated rings. The van der Waals surface area contributed by atoms with Crippen LogP contribution in [0.1, 0.15) is 52.6 Å². The van der Waals surface area contributed by atoms with Gasteiger partial charge < -0.3 is 29.1 Å². The summed E-state index contributed by atoms with van der Waals surface area (Å²) in [7, 11) is 8.46. The van der Waals surface area contributed by atoms with Gasteiger partial charge in [-0.2, -0.15) is 26.3 Å². The average Bonchev–Trinajstić information content (AvgIpc) is 2.89. The largest absolute Gasteiger partial charge is 0.495 e. The Labute approximate surface area is 230 Å². The second-order valence-electron chi connectivity index (χ2n) is 8.40. The van der Waals surface area contributed by atoms with Crippen molar-refractivity contribution in [3.05, 3.63) is 57.6 Å². The van der Waals surface area contributed by atoms with Crippen molar-refractivity contribution >= 4 is 23.8 Å². The number of hydrogen-bond acceptors (Lipinski definition) is 7. The normalized spacial score (nSPS) is 11.0. The summed E-state index contributed by atoms with van der Waals surface area (Å²) >= 11 is 0. The lowest BCUT2D eigenvalue weighted by molar-refractivity contribution is -0.139. The lowest BCUT2D eigenvalue weighted by atomic mass is 10.0. The molecular weight excluding hydrogens is 570 g/mol. The molecule has 2 aromatic rings. The van der Waals surface area contributed by atoms with Gasteiger partial charge in [0.1, 0.15) is 11.5 Å². The number of carboxylic acid groups (broad SMARTS) is 1. The quantitative estimate of drug-likeness (QED) is 0.387. The van der Waals surface area contributed by atoms with Crippen molar-refractivity contribution in [2.45, 2.75) is 12.4 Å². The highest BCUT2D eigenvalue weighted by molar-refractivity contribution is 6.01. The minimum atomic E-state index is -4.84. The minimum absolute atomic E-state index is 0.363. The number of hydrogen-bond donors (Lipinski definition) is 1. The van der Waals surface area contributed by atoms with Gasteiger partial charge in [0.15, 0.2) is 0 Å². The number of halogens is 6. The molecule has 16 heteroatoms. The molecule has 0 aromatic heterocycles. The fourth-order valence-electron chi connectivity index (χ4n) is 3.28. The SMILES string of the molecule is COC(=O)c1cc(C(=O)N(C)C)c(OC)c(C(F)(F)F)c1.COc1c(C(=O)N(C)C)cc(C(=O)O)cc1C(F)(F)F. The number of aromatic carboxylic acids is 1. The van der Waals surface area contributed by atoms with Crippen LogP contribution in [0.5, 0.6) is 11.5 Å². The molecule has 0 aliphatic heterocycles. The molecule has 0 atom stereocenters. The van der Waals surface area contributed by atoms with Crippen LogP contribution in [0.4, 0.5) is 26.3 Å². The number of carbonyl (C=O) groups excluding carboxylic acids is 3. The number of carbonyl (C=O) groups is 4. The summed E-state index contributed by atoms with van der Waals surface area (Å²) < 4.78 is 91.8. The lowest BCUT2D eigenvalue weighted by Crippen LogP contribution is -2.24. The van der Waals surface area contributed by atoms with Crippen molar-refractivity contribution in [3.63, 3.8) is 0 Å². The summed E-state index contributed by atoms with van der Waals surface area (Å²) in [6, 6.07) is 2.91. The number of carboxylic acids is 1. The number of rotatable bonds is 6. The van der Waals surface area contributed by atoms with Crippen LogP contribution in [0.25, 0.3) is 0 Å². The van der Waals surface area contributed by atoms with Gasteiger partial charge in [0.05, 0.1) is 54.7 Å². The molecule has 41 heavy (non-hydrogen) atoms. The van der Waals surface area contributed by atoms with E-state index in [1.54, 1.807) is 0 Å².